The van der Waals surface area contributed by atoms with Crippen molar-refractivity contribution in [1.29, 1.82) is 0 Å². The third-order valence-electron chi connectivity index (χ3n) is 9.35. The van der Waals surface area contributed by atoms with Gasteiger partial charge in [0, 0.05) is 48.4 Å². The Balaban J connectivity index is 1.60. The molecule has 47 heavy (non-hydrogen) atoms. The summed E-state index contributed by atoms with van der Waals surface area (Å²) in [5.41, 5.74) is -3.62. The third kappa shape index (κ3) is 6.14. The Bertz CT molecular complexity index is 1600. The van der Waals surface area contributed by atoms with Crippen molar-refractivity contribution in [3.8, 4) is 17.2 Å². The second-order valence-corrected chi connectivity index (χ2v) is 12.6. The second-order valence-electron chi connectivity index (χ2n) is 12.6. The maximum absolute atomic E-state index is 13.9. The summed E-state index contributed by atoms with van der Waals surface area (Å²) in [6.07, 6.45) is -3.40. The molecule has 13 heteroatoms. The number of ether oxygens (including phenoxy) is 4. The van der Waals surface area contributed by atoms with Crippen molar-refractivity contribution in [2.75, 3.05) is 27.8 Å². The fourth-order valence-corrected chi connectivity index (χ4v) is 6.73. The lowest BCUT2D eigenvalue weighted by Crippen LogP contribution is -2.54. The van der Waals surface area contributed by atoms with Gasteiger partial charge in [-0.1, -0.05) is 25.5 Å². The van der Waals surface area contributed by atoms with Crippen molar-refractivity contribution in [2.45, 2.75) is 88.6 Å². The van der Waals surface area contributed by atoms with Gasteiger partial charge in [-0.25, -0.2) is 0 Å². The first-order chi connectivity index (χ1) is 22.2. The van der Waals surface area contributed by atoms with Crippen molar-refractivity contribution in [3.63, 3.8) is 0 Å². The van der Waals surface area contributed by atoms with Crippen LogP contribution in [0.25, 0.3) is 0 Å². The number of ketones is 3. The summed E-state index contributed by atoms with van der Waals surface area (Å²) in [4.78, 5) is 55.1. The van der Waals surface area contributed by atoms with Gasteiger partial charge in [-0.2, -0.15) is 0 Å². The normalized spacial score (nSPS) is 26.8. The molecular weight excluding hydrogens is 614 g/mol. The molecule has 2 aromatic carbocycles. The Kier molecular flexibility index (Phi) is 9.76. The van der Waals surface area contributed by atoms with Crippen molar-refractivity contribution in [1.82, 2.24) is 4.90 Å². The number of hydrogen-bond donors (Lipinski definition) is 4. The lowest BCUT2D eigenvalue weighted by atomic mass is 9.72. The lowest BCUT2D eigenvalue weighted by molar-refractivity contribution is -0.256. The number of carbonyl (C=O) groups is 4. The van der Waals surface area contributed by atoms with E-state index >= 15 is 0 Å². The number of unbranched alkanes of at least 4 members (excludes halogenated alkanes) is 1. The molecule has 2 aromatic rings. The van der Waals surface area contributed by atoms with Gasteiger partial charge >= 0.3 is 5.97 Å². The Morgan fingerprint density at radius 1 is 1.09 bits per heavy atom. The quantitative estimate of drug-likeness (QED) is 0.184. The lowest BCUT2D eigenvalue weighted by Gasteiger charge is -2.44. The van der Waals surface area contributed by atoms with E-state index < -0.39 is 102 Å². The van der Waals surface area contributed by atoms with Crippen LogP contribution in [0.4, 0.5) is 0 Å². The summed E-state index contributed by atoms with van der Waals surface area (Å²) in [6.45, 7) is 2.80. The Morgan fingerprint density at radius 2 is 1.79 bits per heavy atom. The molecule has 0 spiro atoms. The Labute approximate surface area is 272 Å². The predicted molar refractivity (Wildman–Crippen MR) is 165 cm³/mol. The number of phenolic OH excluding ortho intramolecular Hbond substituents is 2. The maximum atomic E-state index is 13.9. The predicted octanol–water partition coefficient (Wildman–Crippen LogP) is 2.35. The smallest absolute Gasteiger partial charge is 0.306 e. The molecule has 0 bridgehead atoms. The second kappa shape index (κ2) is 13.3. The van der Waals surface area contributed by atoms with Crippen LogP contribution < -0.4 is 4.74 Å². The van der Waals surface area contributed by atoms with Crippen LogP contribution in [0.2, 0.25) is 0 Å². The minimum absolute atomic E-state index is 0.0525. The zero-order chi connectivity index (χ0) is 34.4. The van der Waals surface area contributed by atoms with E-state index in [1.807, 2.05) is 6.92 Å². The van der Waals surface area contributed by atoms with E-state index in [0.29, 0.717) is 6.42 Å². The molecule has 5 rings (SSSR count). The largest absolute Gasteiger partial charge is 0.507 e. The molecule has 6 atom stereocenters. The zero-order valence-electron chi connectivity index (χ0n) is 27.1. The SMILES string of the molecule is CCCCC(=O)OCC(=O)[C@]1(O)Cc2c(O)c3c(c(O)c2C(OC2CC(N(C)C)C(O)C(C)O2)C1)C(=O)c1c(OC)cccc1C3=O. The molecular formula is C34H41NO12. The number of phenols is 2. The van der Waals surface area contributed by atoms with E-state index in [1.165, 1.54) is 25.3 Å². The molecule has 4 N–H and O–H groups in total. The highest BCUT2D eigenvalue weighted by Gasteiger charge is 2.50. The molecule has 0 saturated carbocycles. The fraction of sp³-hybridized carbons (Fsp3) is 0.529. The molecule has 1 heterocycles. The molecule has 5 unspecified atom stereocenters. The van der Waals surface area contributed by atoms with E-state index in [1.54, 1.807) is 25.9 Å². The van der Waals surface area contributed by atoms with Crippen molar-refractivity contribution in [3.05, 3.63) is 51.6 Å². The van der Waals surface area contributed by atoms with Crippen LogP contribution in [-0.2, 0) is 30.2 Å². The molecule has 13 nitrogen and oxygen atoms in total. The van der Waals surface area contributed by atoms with Gasteiger partial charge in [-0.15, -0.1) is 0 Å². The van der Waals surface area contributed by atoms with Crippen molar-refractivity contribution >= 4 is 23.3 Å². The molecule has 0 aromatic heterocycles. The van der Waals surface area contributed by atoms with Crippen LogP contribution in [0.3, 0.4) is 0 Å². The average Bonchev–Trinajstić information content (AvgIpc) is 3.03. The van der Waals surface area contributed by atoms with Gasteiger partial charge in [-0.05, 0) is 33.5 Å². The van der Waals surface area contributed by atoms with E-state index in [-0.39, 0.29) is 40.8 Å². The van der Waals surface area contributed by atoms with Crippen LogP contribution in [0, 0.1) is 0 Å². The van der Waals surface area contributed by atoms with E-state index in [0.717, 1.165) is 6.42 Å². The van der Waals surface area contributed by atoms with Crippen LogP contribution in [0.15, 0.2) is 18.2 Å². The van der Waals surface area contributed by atoms with Gasteiger partial charge in [0.15, 0.2) is 18.7 Å². The number of hydrogen-bond acceptors (Lipinski definition) is 13. The number of likely N-dealkylation sites (N-methyl/N-ethyl adjacent to an activating group) is 1. The number of nitrogens with zero attached hydrogens (tertiary/aromatic N) is 1. The zero-order valence-corrected chi connectivity index (χ0v) is 27.1. The molecule has 254 valence electrons. The summed E-state index contributed by atoms with van der Waals surface area (Å²) in [6, 6.07) is 4.00. The number of fused-ring (bicyclic) bond motifs is 3. The summed E-state index contributed by atoms with van der Waals surface area (Å²) in [5, 5.41) is 45.9. The third-order valence-corrected chi connectivity index (χ3v) is 9.35. The van der Waals surface area contributed by atoms with Crippen molar-refractivity contribution in [2.24, 2.45) is 0 Å². The summed E-state index contributed by atoms with van der Waals surface area (Å²) in [7, 11) is 4.89. The summed E-state index contributed by atoms with van der Waals surface area (Å²) >= 11 is 0. The highest BCUT2D eigenvalue weighted by Crippen LogP contribution is 2.52. The van der Waals surface area contributed by atoms with Crippen LogP contribution in [0.1, 0.15) is 95.0 Å². The standard InChI is InChI=1S/C34H41NO12/c1-6-7-11-23(37)45-15-22(36)34(43)13-18-26(21(14-34)47-24-12-19(35(3)4)29(38)16(2)46-24)33(42)28-27(31(18)40)30(39)17-9-8-10-20(44-5)25(17)32(28)41/h8-10,16,19,21,24,29,38,40,42-43H,6-7,11-15H2,1-5H3/t16?,19?,21?,24?,29?,34-/m0/s1. The summed E-state index contributed by atoms with van der Waals surface area (Å²) < 4.78 is 22.7. The average molecular weight is 656 g/mol. The Hall–Kier alpha value is -3.88. The molecule has 0 amide bonds. The van der Waals surface area contributed by atoms with E-state index in [2.05, 4.69) is 0 Å². The number of aliphatic hydroxyl groups is 2. The van der Waals surface area contributed by atoms with Gasteiger partial charge in [-0.3, -0.25) is 19.2 Å². The maximum Gasteiger partial charge on any atom is 0.306 e. The van der Waals surface area contributed by atoms with E-state index in [4.69, 9.17) is 18.9 Å². The van der Waals surface area contributed by atoms with Gasteiger partial charge in [0.25, 0.3) is 0 Å². The van der Waals surface area contributed by atoms with Crippen LogP contribution in [-0.4, -0.2) is 107 Å². The number of Topliss-reactive ketones (excluding diaryl/α,β-unsaturated/α-hetero) is 1. The number of aromatic hydroxyl groups is 2. The molecule has 0 radical (unpaired) electrons. The minimum atomic E-state index is -2.27. The molecule has 1 fully saturated rings. The number of esters is 1. The monoisotopic (exact) mass is 655 g/mol. The highest BCUT2D eigenvalue weighted by atomic mass is 16.7. The van der Waals surface area contributed by atoms with Gasteiger partial charge < -0.3 is 44.3 Å². The first kappa shape index (κ1) is 34.5. The topological polar surface area (TPSA) is 189 Å². The molecule has 1 saturated heterocycles. The van der Waals surface area contributed by atoms with Crippen LogP contribution >= 0.6 is 0 Å². The number of carbonyl (C=O) groups excluding carboxylic acids is 4. The molecule has 3 aliphatic rings. The van der Waals surface area contributed by atoms with E-state index in [9.17, 15) is 39.6 Å². The van der Waals surface area contributed by atoms with Crippen LogP contribution in [0.5, 0.6) is 17.2 Å². The number of benzene rings is 2. The van der Waals surface area contributed by atoms with Gasteiger partial charge in [0.05, 0.1) is 42.1 Å². The summed E-state index contributed by atoms with van der Waals surface area (Å²) in [5.74, 6) is -4.27. The number of aliphatic hydroxyl groups excluding tert-OH is 1. The first-order valence-electron chi connectivity index (χ1n) is 15.7. The molecule has 2 aliphatic carbocycles. The fourth-order valence-electron chi connectivity index (χ4n) is 6.73. The van der Waals surface area contributed by atoms with Crippen molar-refractivity contribution < 1.29 is 58.6 Å². The minimum Gasteiger partial charge on any atom is -0.507 e. The van der Waals surface area contributed by atoms with Gasteiger partial charge in [0.2, 0.25) is 11.6 Å². The Morgan fingerprint density at radius 3 is 2.45 bits per heavy atom. The first-order valence-corrected chi connectivity index (χ1v) is 15.7. The molecule has 1 aliphatic heterocycles. The highest BCUT2D eigenvalue weighted by molar-refractivity contribution is 6.31. The number of rotatable bonds is 10. The number of methoxy groups -OCH3 is 1. The van der Waals surface area contributed by atoms with Gasteiger partial charge in [0.1, 0.15) is 22.8 Å².